The third kappa shape index (κ3) is 4.87. The zero-order chi connectivity index (χ0) is 22.1. The van der Waals surface area contributed by atoms with Crippen molar-refractivity contribution in [2.75, 3.05) is 0 Å². The lowest BCUT2D eigenvalue weighted by atomic mass is 10.0. The largest absolute Gasteiger partial charge is 0.481 e. The molecule has 0 saturated heterocycles. The number of aromatic nitrogens is 2. The molecule has 0 fully saturated rings. The zero-order valence-electron chi connectivity index (χ0n) is 16.6. The molecule has 2 atom stereocenters. The monoisotopic (exact) mass is 434 g/mol. The van der Waals surface area contributed by atoms with E-state index in [1.807, 2.05) is 38.2 Å². The van der Waals surface area contributed by atoms with Gasteiger partial charge in [0.1, 0.15) is 0 Å². The normalized spacial score (nSPS) is 13.8. The molecule has 0 aliphatic heterocycles. The van der Waals surface area contributed by atoms with Crippen molar-refractivity contribution in [3.8, 4) is 5.69 Å². The Hall–Kier alpha value is -2.74. The van der Waals surface area contributed by atoms with Gasteiger partial charge in [-0.15, -0.1) is 11.8 Å². The summed E-state index contributed by atoms with van der Waals surface area (Å²) in [6.07, 6.45) is -2.55. The molecule has 0 amide bonds. The number of carbonyl (C=O) groups is 1. The average molecular weight is 434 g/mol. The third-order valence-corrected chi connectivity index (χ3v) is 6.01. The Kier molecular flexibility index (Phi) is 6.26. The van der Waals surface area contributed by atoms with Gasteiger partial charge in [-0.1, -0.05) is 12.1 Å². The number of rotatable bonds is 6. The maximum absolute atomic E-state index is 12.8. The fourth-order valence-electron chi connectivity index (χ4n) is 3.08. The molecule has 2 unspecified atom stereocenters. The predicted octanol–water partition coefficient (Wildman–Crippen LogP) is 6.24. The quantitative estimate of drug-likeness (QED) is 0.467. The molecule has 0 bridgehead atoms. The Labute approximate surface area is 176 Å². The van der Waals surface area contributed by atoms with Crippen molar-refractivity contribution in [1.29, 1.82) is 0 Å². The van der Waals surface area contributed by atoms with Gasteiger partial charge in [0.05, 0.1) is 22.9 Å². The highest BCUT2D eigenvalue weighted by molar-refractivity contribution is 7.99. The molecular weight excluding hydrogens is 413 g/mol. The van der Waals surface area contributed by atoms with Gasteiger partial charge in [-0.3, -0.25) is 4.79 Å². The minimum atomic E-state index is -4.37. The molecule has 3 rings (SSSR count). The van der Waals surface area contributed by atoms with Crippen LogP contribution in [-0.4, -0.2) is 20.9 Å². The van der Waals surface area contributed by atoms with Crippen molar-refractivity contribution in [3.05, 3.63) is 77.1 Å². The summed E-state index contributed by atoms with van der Waals surface area (Å²) in [5, 5.41) is 13.7. The maximum Gasteiger partial charge on any atom is 0.416 e. The first-order chi connectivity index (χ1) is 14.1. The molecule has 158 valence electrons. The van der Waals surface area contributed by atoms with E-state index in [1.165, 1.54) is 12.1 Å². The molecule has 0 spiro atoms. The molecule has 8 heteroatoms. The van der Waals surface area contributed by atoms with E-state index >= 15 is 0 Å². The number of alkyl halides is 3. The van der Waals surface area contributed by atoms with E-state index < -0.39 is 23.6 Å². The van der Waals surface area contributed by atoms with Crippen LogP contribution < -0.4 is 0 Å². The summed E-state index contributed by atoms with van der Waals surface area (Å²) in [5.74, 6) is -1.47. The van der Waals surface area contributed by atoms with Crippen LogP contribution >= 0.6 is 11.8 Å². The van der Waals surface area contributed by atoms with Crippen molar-refractivity contribution in [1.82, 2.24) is 9.78 Å². The van der Waals surface area contributed by atoms with Crippen molar-refractivity contribution in [2.45, 2.75) is 43.0 Å². The number of carboxylic acids is 1. The molecule has 30 heavy (non-hydrogen) atoms. The van der Waals surface area contributed by atoms with E-state index in [4.69, 9.17) is 0 Å². The molecule has 4 nitrogen and oxygen atoms in total. The zero-order valence-corrected chi connectivity index (χ0v) is 17.5. The summed E-state index contributed by atoms with van der Waals surface area (Å²) in [6.45, 7) is 5.52. The summed E-state index contributed by atoms with van der Waals surface area (Å²) in [5.41, 5.74) is 2.32. The molecular formula is C22H21F3N2O2S. The van der Waals surface area contributed by atoms with Gasteiger partial charge in [0.25, 0.3) is 0 Å². The van der Waals surface area contributed by atoms with E-state index in [9.17, 15) is 23.1 Å². The molecule has 2 aromatic carbocycles. The fraction of sp³-hybridized carbons (Fsp3) is 0.273. The Balaban J connectivity index is 1.80. The van der Waals surface area contributed by atoms with Crippen molar-refractivity contribution < 1.29 is 23.1 Å². The molecule has 1 N–H and O–H groups in total. The van der Waals surface area contributed by atoms with Gasteiger partial charge in [0.15, 0.2) is 0 Å². The first-order valence-electron chi connectivity index (χ1n) is 9.29. The van der Waals surface area contributed by atoms with Crippen LogP contribution in [0.5, 0.6) is 0 Å². The number of hydrogen-bond acceptors (Lipinski definition) is 3. The second kappa shape index (κ2) is 8.55. The number of hydrogen-bond donors (Lipinski definition) is 1. The van der Waals surface area contributed by atoms with Crippen molar-refractivity contribution in [2.24, 2.45) is 0 Å². The molecule has 3 aromatic rings. The van der Waals surface area contributed by atoms with E-state index in [2.05, 4.69) is 5.10 Å². The van der Waals surface area contributed by atoms with Gasteiger partial charge in [-0.2, -0.15) is 18.3 Å². The van der Waals surface area contributed by atoms with E-state index in [-0.39, 0.29) is 5.25 Å². The Morgan fingerprint density at radius 3 is 2.40 bits per heavy atom. The standard InChI is InChI=1S/C22H21F3N2O2S/c1-13(21(28)29)16-5-4-6-19(11-16)30-15(3)20-12-27(26-14(20)2)18-9-7-17(8-10-18)22(23,24)25/h4-13,15H,1-3H3,(H,28,29). The molecule has 0 aliphatic carbocycles. The minimum absolute atomic E-state index is 0.0172. The second-order valence-corrected chi connectivity index (χ2v) is 8.47. The van der Waals surface area contributed by atoms with Gasteiger partial charge in [-0.25, -0.2) is 4.68 Å². The van der Waals surface area contributed by atoms with Gasteiger partial charge < -0.3 is 5.11 Å². The molecule has 0 saturated carbocycles. The highest BCUT2D eigenvalue weighted by Gasteiger charge is 2.30. The first kappa shape index (κ1) is 22.0. The highest BCUT2D eigenvalue weighted by Crippen LogP contribution is 2.37. The lowest BCUT2D eigenvalue weighted by molar-refractivity contribution is -0.138. The Morgan fingerprint density at radius 1 is 1.13 bits per heavy atom. The number of aliphatic carboxylic acids is 1. The number of nitrogens with zero attached hydrogens (tertiary/aromatic N) is 2. The van der Waals surface area contributed by atoms with Gasteiger partial charge in [0, 0.05) is 21.9 Å². The number of thioether (sulfide) groups is 1. The van der Waals surface area contributed by atoms with Crippen molar-refractivity contribution in [3.63, 3.8) is 0 Å². The van der Waals surface area contributed by atoms with Crippen LogP contribution in [0.2, 0.25) is 0 Å². The third-order valence-electron chi connectivity index (χ3n) is 4.88. The summed E-state index contributed by atoms with van der Waals surface area (Å²) in [7, 11) is 0. The Bertz CT molecular complexity index is 1050. The average Bonchev–Trinajstić information content (AvgIpc) is 3.09. The molecule has 0 radical (unpaired) electrons. The maximum atomic E-state index is 12.8. The highest BCUT2D eigenvalue weighted by atomic mass is 32.2. The van der Waals surface area contributed by atoms with Crippen LogP contribution in [0.1, 0.15) is 47.4 Å². The number of benzene rings is 2. The molecule has 1 aromatic heterocycles. The minimum Gasteiger partial charge on any atom is -0.481 e. The smallest absolute Gasteiger partial charge is 0.416 e. The van der Waals surface area contributed by atoms with Gasteiger partial charge in [-0.05, 0) is 62.7 Å². The number of carboxylic acid groups (broad SMARTS) is 1. The summed E-state index contributed by atoms with van der Waals surface area (Å²) < 4.78 is 39.9. The Morgan fingerprint density at radius 2 is 1.80 bits per heavy atom. The second-order valence-electron chi connectivity index (χ2n) is 7.05. The van der Waals surface area contributed by atoms with Crippen molar-refractivity contribution >= 4 is 17.7 Å². The van der Waals surface area contributed by atoms with Crippen LogP contribution in [0, 0.1) is 6.92 Å². The lowest BCUT2D eigenvalue weighted by Crippen LogP contribution is -2.07. The van der Waals surface area contributed by atoms with Gasteiger partial charge >= 0.3 is 12.1 Å². The van der Waals surface area contributed by atoms with Gasteiger partial charge in [0.2, 0.25) is 0 Å². The van der Waals surface area contributed by atoms with E-state index in [1.54, 1.807) is 29.4 Å². The van der Waals surface area contributed by atoms with Crippen LogP contribution in [0.25, 0.3) is 5.69 Å². The summed E-state index contributed by atoms with van der Waals surface area (Å²) in [4.78, 5) is 12.2. The van der Waals surface area contributed by atoms with E-state index in [0.29, 0.717) is 5.69 Å². The lowest BCUT2D eigenvalue weighted by Gasteiger charge is -2.13. The van der Waals surface area contributed by atoms with E-state index in [0.717, 1.165) is 33.8 Å². The fourth-order valence-corrected chi connectivity index (χ4v) is 4.20. The predicted molar refractivity (Wildman–Crippen MR) is 110 cm³/mol. The van der Waals surface area contributed by atoms with Crippen LogP contribution in [0.15, 0.2) is 59.6 Å². The summed E-state index contributed by atoms with van der Waals surface area (Å²) >= 11 is 1.57. The number of aryl methyl sites for hydroxylation is 1. The topological polar surface area (TPSA) is 55.1 Å². The first-order valence-corrected chi connectivity index (χ1v) is 10.2. The molecule has 1 heterocycles. The van der Waals surface area contributed by atoms with Crippen LogP contribution in [-0.2, 0) is 11.0 Å². The van der Waals surface area contributed by atoms with Crippen LogP contribution in [0.4, 0.5) is 13.2 Å². The molecule has 0 aliphatic rings. The van der Waals surface area contributed by atoms with Crippen LogP contribution in [0.3, 0.4) is 0 Å². The SMILES string of the molecule is Cc1nn(-c2ccc(C(F)(F)F)cc2)cc1C(C)Sc1cccc(C(C)C(=O)O)c1. The summed E-state index contributed by atoms with van der Waals surface area (Å²) in [6, 6.07) is 12.3. The number of halogens is 3.